The van der Waals surface area contributed by atoms with Crippen LogP contribution in [0.2, 0.25) is 0 Å². The first kappa shape index (κ1) is 27.9. The Morgan fingerprint density at radius 3 is 1.84 bits per heavy atom. The Labute approximate surface area is 219 Å². The number of ether oxygens (including phenoxy) is 4. The number of sulfone groups is 1. The van der Waals surface area contributed by atoms with E-state index in [0.29, 0.717) is 22.8 Å². The summed E-state index contributed by atoms with van der Waals surface area (Å²) in [7, 11) is 2.25. The number of benzene rings is 3. The summed E-state index contributed by atoms with van der Waals surface area (Å²) >= 11 is 0. The smallest absolute Gasteiger partial charge is 0.203 e. The summed E-state index contributed by atoms with van der Waals surface area (Å²) in [5, 5.41) is 10.9. The SMILES string of the molecule is COc1ccc(/C=C\c2cc(OC)c(OC)c(OC)c2)c(CS(=O)(=O)c2ccc(C(C)(C)C)cc2)c1O. The average molecular weight is 527 g/mol. The lowest BCUT2D eigenvalue weighted by atomic mass is 9.87. The van der Waals surface area contributed by atoms with Crippen molar-refractivity contribution >= 4 is 22.0 Å². The first-order valence-electron chi connectivity index (χ1n) is 11.7. The van der Waals surface area contributed by atoms with Crippen molar-refractivity contribution < 1.29 is 32.5 Å². The van der Waals surface area contributed by atoms with Crippen LogP contribution in [0.4, 0.5) is 0 Å². The molecular weight excluding hydrogens is 492 g/mol. The number of phenolic OH excluding ortho intramolecular Hbond substituents is 1. The van der Waals surface area contributed by atoms with Crippen molar-refractivity contribution in [2.75, 3.05) is 28.4 Å². The van der Waals surface area contributed by atoms with E-state index in [2.05, 4.69) is 20.8 Å². The molecule has 0 bridgehead atoms. The van der Waals surface area contributed by atoms with Gasteiger partial charge in [0, 0.05) is 5.56 Å². The molecule has 0 saturated heterocycles. The van der Waals surface area contributed by atoms with Crippen LogP contribution in [0.25, 0.3) is 12.2 Å². The molecule has 0 aliphatic carbocycles. The minimum Gasteiger partial charge on any atom is -0.504 e. The zero-order chi connectivity index (χ0) is 27.4. The van der Waals surface area contributed by atoms with Gasteiger partial charge in [-0.3, -0.25) is 0 Å². The fraction of sp³-hybridized carbons (Fsp3) is 0.310. The number of hydrogen-bond donors (Lipinski definition) is 1. The molecule has 3 aromatic carbocycles. The lowest BCUT2D eigenvalue weighted by Crippen LogP contribution is -2.12. The molecule has 0 heterocycles. The molecule has 0 unspecified atom stereocenters. The topological polar surface area (TPSA) is 91.3 Å². The van der Waals surface area contributed by atoms with Gasteiger partial charge in [-0.1, -0.05) is 51.1 Å². The van der Waals surface area contributed by atoms with Crippen LogP contribution in [0.1, 0.15) is 43.0 Å². The summed E-state index contributed by atoms with van der Waals surface area (Å²) in [4.78, 5) is 0.183. The quantitative estimate of drug-likeness (QED) is 0.349. The van der Waals surface area contributed by atoms with Crippen LogP contribution >= 0.6 is 0 Å². The lowest BCUT2D eigenvalue weighted by Gasteiger charge is -2.19. The van der Waals surface area contributed by atoms with Crippen molar-refractivity contribution in [2.45, 2.75) is 36.8 Å². The maximum Gasteiger partial charge on any atom is 0.203 e. The highest BCUT2D eigenvalue weighted by atomic mass is 32.2. The molecule has 3 rings (SSSR count). The lowest BCUT2D eigenvalue weighted by molar-refractivity contribution is 0.324. The molecule has 0 aliphatic heterocycles. The number of aromatic hydroxyl groups is 1. The minimum absolute atomic E-state index is 0.0991. The molecular formula is C29H34O7S. The van der Waals surface area contributed by atoms with Crippen LogP contribution in [0.3, 0.4) is 0 Å². The second-order valence-corrected chi connectivity index (χ2v) is 11.5. The largest absolute Gasteiger partial charge is 0.504 e. The van der Waals surface area contributed by atoms with E-state index >= 15 is 0 Å². The van der Waals surface area contributed by atoms with Crippen molar-refractivity contribution in [3.8, 4) is 28.7 Å². The van der Waals surface area contributed by atoms with Crippen LogP contribution < -0.4 is 18.9 Å². The molecule has 3 aromatic rings. The minimum atomic E-state index is -3.76. The third-order valence-corrected chi connectivity index (χ3v) is 7.72. The maximum atomic E-state index is 13.4. The van der Waals surface area contributed by atoms with Crippen LogP contribution in [0.15, 0.2) is 53.4 Å². The van der Waals surface area contributed by atoms with E-state index in [9.17, 15) is 13.5 Å². The van der Waals surface area contributed by atoms with Gasteiger partial charge in [-0.15, -0.1) is 0 Å². The summed E-state index contributed by atoms with van der Waals surface area (Å²) in [6, 6.07) is 13.7. The second kappa shape index (κ2) is 11.2. The molecule has 1 N–H and O–H groups in total. The van der Waals surface area contributed by atoms with E-state index < -0.39 is 15.6 Å². The van der Waals surface area contributed by atoms with Crippen molar-refractivity contribution in [1.82, 2.24) is 0 Å². The van der Waals surface area contributed by atoms with Crippen LogP contribution in [-0.2, 0) is 21.0 Å². The Bertz CT molecular complexity index is 1360. The van der Waals surface area contributed by atoms with Crippen LogP contribution in [0.5, 0.6) is 28.7 Å². The first-order chi connectivity index (χ1) is 17.4. The molecule has 0 fully saturated rings. The highest BCUT2D eigenvalue weighted by molar-refractivity contribution is 7.90. The number of methoxy groups -OCH3 is 4. The Morgan fingerprint density at radius 1 is 0.784 bits per heavy atom. The molecule has 0 amide bonds. The van der Waals surface area contributed by atoms with Crippen molar-refractivity contribution in [1.29, 1.82) is 0 Å². The summed E-state index contributed by atoms with van der Waals surface area (Å²) in [6.45, 7) is 6.20. The molecule has 37 heavy (non-hydrogen) atoms. The summed E-state index contributed by atoms with van der Waals surface area (Å²) in [5.74, 6) is 1.01. The van der Waals surface area contributed by atoms with Crippen molar-refractivity contribution in [2.24, 2.45) is 0 Å². The van der Waals surface area contributed by atoms with Crippen LogP contribution in [0, 0.1) is 0 Å². The first-order valence-corrected chi connectivity index (χ1v) is 13.3. The second-order valence-electron chi connectivity index (χ2n) is 9.51. The van der Waals surface area contributed by atoms with Gasteiger partial charge < -0.3 is 24.1 Å². The third kappa shape index (κ3) is 6.20. The van der Waals surface area contributed by atoms with Gasteiger partial charge >= 0.3 is 0 Å². The average Bonchev–Trinajstić information content (AvgIpc) is 2.87. The molecule has 198 valence electrons. The molecule has 0 aromatic heterocycles. The van der Waals surface area contributed by atoms with E-state index in [-0.39, 0.29) is 27.4 Å². The molecule has 0 radical (unpaired) electrons. The van der Waals surface area contributed by atoms with E-state index in [1.165, 1.54) is 28.4 Å². The monoisotopic (exact) mass is 526 g/mol. The normalized spacial score (nSPS) is 12.0. The predicted octanol–water partition coefficient (Wildman–Crippen LogP) is 5.87. The summed E-state index contributed by atoms with van der Waals surface area (Å²) in [6.07, 6.45) is 3.51. The van der Waals surface area contributed by atoms with E-state index in [0.717, 1.165) is 11.1 Å². The number of rotatable bonds is 9. The predicted molar refractivity (Wildman–Crippen MR) is 146 cm³/mol. The van der Waals surface area contributed by atoms with Gasteiger partial charge in [0.05, 0.1) is 39.1 Å². The zero-order valence-electron chi connectivity index (χ0n) is 22.3. The third-order valence-electron chi connectivity index (χ3n) is 6.06. The van der Waals surface area contributed by atoms with Crippen LogP contribution in [-0.4, -0.2) is 42.0 Å². The molecule has 0 aliphatic rings. The molecule has 0 atom stereocenters. The van der Waals surface area contributed by atoms with Gasteiger partial charge in [-0.2, -0.15) is 0 Å². The Balaban J connectivity index is 2.03. The Hall–Kier alpha value is -3.65. The van der Waals surface area contributed by atoms with Gasteiger partial charge in [0.15, 0.2) is 32.8 Å². The van der Waals surface area contributed by atoms with E-state index in [1.807, 2.05) is 12.1 Å². The van der Waals surface area contributed by atoms with Gasteiger partial charge in [0.2, 0.25) is 5.75 Å². The van der Waals surface area contributed by atoms with Crippen molar-refractivity contribution in [3.05, 3.63) is 70.8 Å². The highest BCUT2D eigenvalue weighted by Crippen LogP contribution is 2.39. The van der Waals surface area contributed by atoms with Gasteiger partial charge in [0.1, 0.15) is 0 Å². The number of phenols is 1. The van der Waals surface area contributed by atoms with E-state index in [4.69, 9.17) is 18.9 Å². The molecule has 0 saturated carbocycles. The number of hydrogen-bond acceptors (Lipinski definition) is 7. The van der Waals surface area contributed by atoms with Gasteiger partial charge in [0.25, 0.3) is 0 Å². The van der Waals surface area contributed by atoms with Gasteiger partial charge in [-0.25, -0.2) is 8.42 Å². The highest BCUT2D eigenvalue weighted by Gasteiger charge is 2.23. The maximum absolute atomic E-state index is 13.4. The molecule has 8 heteroatoms. The van der Waals surface area contributed by atoms with Crippen molar-refractivity contribution in [3.63, 3.8) is 0 Å². The Morgan fingerprint density at radius 2 is 1.35 bits per heavy atom. The fourth-order valence-electron chi connectivity index (χ4n) is 3.92. The summed E-state index contributed by atoms with van der Waals surface area (Å²) < 4.78 is 48.2. The van der Waals surface area contributed by atoms with E-state index in [1.54, 1.807) is 48.6 Å². The summed E-state index contributed by atoms with van der Waals surface area (Å²) in [5.41, 5.74) is 2.43. The molecule has 7 nitrogen and oxygen atoms in total. The molecule has 0 spiro atoms. The Kier molecular flexibility index (Phi) is 8.43. The fourth-order valence-corrected chi connectivity index (χ4v) is 5.32. The zero-order valence-corrected chi connectivity index (χ0v) is 23.1. The van der Waals surface area contributed by atoms with Gasteiger partial charge in [-0.05, 0) is 52.4 Å². The standard InChI is InChI=1S/C29H34O7S/c1-29(2,3)21-11-13-22(14-12-21)37(31,32)18-23-20(10-15-24(33-4)27(23)30)9-8-19-16-25(34-5)28(36-7)26(17-19)35-6/h8-17,30H,18H2,1-7H3/b9-8-.